The number of allylic oxidation sites excluding steroid dienone is 1. The van der Waals surface area contributed by atoms with Crippen LogP contribution in [-0.2, 0) is 0 Å². The first-order valence-corrected chi connectivity index (χ1v) is 8.40. The van der Waals surface area contributed by atoms with Gasteiger partial charge in [0.05, 0.1) is 5.56 Å². The summed E-state index contributed by atoms with van der Waals surface area (Å²) in [4.78, 5) is 4.40. The van der Waals surface area contributed by atoms with E-state index in [1.807, 2.05) is 81.1 Å². The number of pyridine rings is 1. The Balaban J connectivity index is 0.00000109. The van der Waals surface area contributed by atoms with Gasteiger partial charge in [-0.3, -0.25) is 0 Å². The number of benzene rings is 1. The van der Waals surface area contributed by atoms with E-state index in [0.29, 0.717) is 5.56 Å². The van der Waals surface area contributed by atoms with Crippen molar-refractivity contribution in [1.29, 1.82) is 5.26 Å². The van der Waals surface area contributed by atoms with Gasteiger partial charge < -0.3 is 4.57 Å². The van der Waals surface area contributed by atoms with Crippen LogP contribution in [0.5, 0.6) is 0 Å². The van der Waals surface area contributed by atoms with Gasteiger partial charge in [0.15, 0.2) is 0 Å². The Hall–Kier alpha value is -3.12. The summed E-state index contributed by atoms with van der Waals surface area (Å²) in [6, 6.07) is 14.3. The summed E-state index contributed by atoms with van der Waals surface area (Å²) in [5.41, 5.74) is 5.80. The molecule has 0 radical (unpaired) electrons. The van der Waals surface area contributed by atoms with Crippen LogP contribution in [-0.4, -0.2) is 9.55 Å². The van der Waals surface area contributed by atoms with Crippen molar-refractivity contribution in [2.24, 2.45) is 0 Å². The van der Waals surface area contributed by atoms with Crippen LogP contribution in [0, 0.1) is 18.3 Å². The van der Waals surface area contributed by atoms with Crippen molar-refractivity contribution in [2.45, 2.75) is 27.7 Å². The normalized spacial score (nSPS) is 9.72. The maximum absolute atomic E-state index is 9.44. The molecule has 0 aliphatic heterocycles. The molecule has 0 spiro atoms. The van der Waals surface area contributed by atoms with E-state index in [1.165, 1.54) is 5.56 Å². The second-order valence-electron chi connectivity index (χ2n) is 5.65. The van der Waals surface area contributed by atoms with E-state index < -0.39 is 0 Å². The SMILES string of the molecule is C=C(C)c1ccnc(-n2cc(C#N)c(-c3ccc(C)cc3)c2)c1.CC. The van der Waals surface area contributed by atoms with Crippen LogP contribution in [0.2, 0.25) is 0 Å². The molecule has 0 fully saturated rings. The van der Waals surface area contributed by atoms with E-state index in [-0.39, 0.29) is 0 Å². The summed E-state index contributed by atoms with van der Waals surface area (Å²) >= 11 is 0. The third-order valence-electron chi connectivity index (χ3n) is 3.81. The van der Waals surface area contributed by atoms with E-state index in [2.05, 4.69) is 17.6 Å². The minimum absolute atomic E-state index is 0.636. The average Bonchev–Trinajstić information content (AvgIpc) is 3.08. The fourth-order valence-electron chi connectivity index (χ4n) is 2.46. The lowest BCUT2D eigenvalue weighted by atomic mass is 10.0. The van der Waals surface area contributed by atoms with Crippen molar-refractivity contribution >= 4 is 5.57 Å². The molecule has 3 nitrogen and oxygen atoms in total. The van der Waals surface area contributed by atoms with Crippen LogP contribution in [0.1, 0.15) is 37.5 Å². The number of rotatable bonds is 3. The lowest BCUT2D eigenvalue weighted by Gasteiger charge is -2.05. The largest absolute Gasteiger partial charge is 0.307 e. The van der Waals surface area contributed by atoms with Crippen LogP contribution < -0.4 is 0 Å². The summed E-state index contributed by atoms with van der Waals surface area (Å²) in [5.74, 6) is 0.778. The Morgan fingerprint density at radius 2 is 1.80 bits per heavy atom. The van der Waals surface area contributed by atoms with Crippen molar-refractivity contribution in [1.82, 2.24) is 9.55 Å². The first-order valence-electron chi connectivity index (χ1n) is 8.40. The molecule has 0 bridgehead atoms. The van der Waals surface area contributed by atoms with Crippen molar-refractivity contribution < 1.29 is 0 Å². The van der Waals surface area contributed by atoms with Gasteiger partial charge >= 0.3 is 0 Å². The van der Waals surface area contributed by atoms with Crippen LogP contribution in [0.3, 0.4) is 0 Å². The van der Waals surface area contributed by atoms with E-state index in [4.69, 9.17) is 0 Å². The van der Waals surface area contributed by atoms with Crippen LogP contribution in [0.15, 0.2) is 61.6 Å². The van der Waals surface area contributed by atoms with Crippen molar-refractivity contribution in [3.05, 3.63) is 78.3 Å². The minimum Gasteiger partial charge on any atom is -0.307 e. The van der Waals surface area contributed by atoms with Gasteiger partial charge in [-0.2, -0.15) is 5.26 Å². The first-order chi connectivity index (χ1) is 12.1. The molecule has 25 heavy (non-hydrogen) atoms. The predicted molar refractivity (Wildman–Crippen MR) is 105 cm³/mol. The third-order valence-corrected chi connectivity index (χ3v) is 3.81. The van der Waals surface area contributed by atoms with E-state index in [1.54, 1.807) is 6.20 Å². The Morgan fingerprint density at radius 1 is 1.12 bits per heavy atom. The highest BCUT2D eigenvalue weighted by atomic mass is 15.0. The first kappa shape index (κ1) is 18.2. The molecule has 126 valence electrons. The van der Waals surface area contributed by atoms with Gasteiger partial charge in [0.1, 0.15) is 11.9 Å². The van der Waals surface area contributed by atoms with E-state index in [0.717, 1.165) is 28.1 Å². The second kappa shape index (κ2) is 8.12. The summed E-state index contributed by atoms with van der Waals surface area (Å²) < 4.78 is 1.89. The molecule has 3 heteroatoms. The van der Waals surface area contributed by atoms with Gasteiger partial charge in [0.2, 0.25) is 0 Å². The van der Waals surface area contributed by atoms with Crippen LogP contribution >= 0.6 is 0 Å². The fraction of sp³-hybridized carbons (Fsp3) is 0.182. The maximum Gasteiger partial charge on any atom is 0.137 e. The molecular formula is C22H23N3. The summed E-state index contributed by atoms with van der Waals surface area (Å²) in [6.45, 7) is 12.0. The quantitative estimate of drug-likeness (QED) is 0.611. The van der Waals surface area contributed by atoms with Gasteiger partial charge in [-0.15, -0.1) is 0 Å². The monoisotopic (exact) mass is 329 g/mol. The topological polar surface area (TPSA) is 41.6 Å². The summed E-state index contributed by atoms with van der Waals surface area (Å²) in [5, 5.41) is 9.44. The Bertz CT molecular complexity index is 909. The molecule has 0 atom stereocenters. The number of hydrogen-bond acceptors (Lipinski definition) is 2. The third kappa shape index (κ3) is 4.05. The smallest absolute Gasteiger partial charge is 0.137 e. The van der Waals surface area contributed by atoms with Gasteiger partial charge in [-0.05, 0) is 37.1 Å². The zero-order valence-corrected chi connectivity index (χ0v) is 15.2. The molecule has 0 aliphatic rings. The van der Waals surface area contributed by atoms with Crippen LogP contribution in [0.4, 0.5) is 0 Å². The molecule has 3 rings (SSSR count). The molecule has 2 heterocycles. The Kier molecular flexibility index (Phi) is 5.92. The number of nitrogens with zero attached hydrogens (tertiary/aromatic N) is 3. The molecule has 0 amide bonds. The number of aromatic nitrogens is 2. The highest BCUT2D eigenvalue weighted by molar-refractivity contribution is 5.71. The molecule has 0 saturated heterocycles. The number of aryl methyl sites for hydroxylation is 1. The fourth-order valence-corrected chi connectivity index (χ4v) is 2.46. The molecular weight excluding hydrogens is 306 g/mol. The van der Waals surface area contributed by atoms with Gasteiger partial charge in [-0.25, -0.2) is 4.98 Å². The van der Waals surface area contributed by atoms with Gasteiger partial charge in [-0.1, -0.05) is 55.8 Å². The molecule has 1 aromatic carbocycles. The molecule has 0 aliphatic carbocycles. The number of nitriles is 1. The second-order valence-corrected chi connectivity index (χ2v) is 5.65. The highest BCUT2D eigenvalue weighted by Gasteiger charge is 2.11. The predicted octanol–water partition coefficient (Wildman–Crippen LogP) is 5.78. The number of hydrogen-bond donors (Lipinski definition) is 0. The highest BCUT2D eigenvalue weighted by Crippen LogP contribution is 2.26. The van der Waals surface area contributed by atoms with Crippen molar-refractivity contribution in [3.8, 4) is 23.0 Å². The van der Waals surface area contributed by atoms with Crippen LogP contribution in [0.25, 0.3) is 22.5 Å². The average molecular weight is 329 g/mol. The maximum atomic E-state index is 9.44. The van der Waals surface area contributed by atoms with Crippen molar-refractivity contribution in [3.63, 3.8) is 0 Å². The summed E-state index contributed by atoms with van der Waals surface area (Å²) in [6.07, 6.45) is 5.53. The zero-order valence-electron chi connectivity index (χ0n) is 15.2. The Labute approximate surface area is 149 Å². The van der Waals surface area contributed by atoms with Gasteiger partial charge in [0, 0.05) is 24.2 Å². The standard InChI is InChI=1S/C20H17N3.C2H6/c1-14(2)17-8-9-22-20(10-17)23-12-18(11-21)19(13-23)16-6-4-15(3)5-7-16;1-2/h4-10,12-13H,1H2,2-3H3;1-2H3. The summed E-state index contributed by atoms with van der Waals surface area (Å²) in [7, 11) is 0. The lowest BCUT2D eigenvalue weighted by Crippen LogP contribution is -1.94. The lowest BCUT2D eigenvalue weighted by molar-refractivity contribution is 1.01. The molecule has 0 saturated carbocycles. The molecule has 0 N–H and O–H groups in total. The van der Waals surface area contributed by atoms with Crippen molar-refractivity contribution in [2.75, 3.05) is 0 Å². The molecule has 0 unspecified atom stereocenters. The van der Waals surface area contributed by atoms with E-state index >= 15 is 0 Å². The van der Waals surface area contributed by atoms with E-state index in [9.17, 15) is 5.26 Å². The molecule has 3 aromatic rings. The molecule has 2 aromatic heterocycles. The zero-order chi connectivity index (χ0) is 18.4. The van der Waals surface area contributed by atoms with Gasteiger partial charge in [0.25, 0.3) is 0 Å². The minimum atomic E-state index is 0.636. The Morgan fingerprint density at radius 3 is 2.40 bits per heavy atom.